The summed E-state index contributed by atoms with van der Waals surface area (Å²) in [5, 5.41) is 5.44. The number of guanidine groups is 1. The average Bonchev–Trinajstić information content (AvgIpc) is 2.89. The molecule has 0 saturated heterocycles. The fourth-order valence-corrected chi connectivity index (χ4v) is 2.93. The van der Waals surface area contributed by atoms with Crippen molar-refractivity contribution in [2.24, 2.45) is 4.99 Å². The normalized spacial score (nSPS) is 15.0. The zero-order valence-electron chi connectivity index (χ0n) is 12.9. The Kier molecular flexibility index (Phi) is 5.92. The van der Waals surface area contributed by atoms with Gasteiger partial charge in [-0.2, -0.15) is 0 Å². The smallest absolute Gasteiger partial charge is 0.194 e. The van der Waals surface area contributed by atoms with E-state index >= 15 is 0 Å². The molecule has 21 heavy (non-hydrogen) atoms. The molecule has 0 radical (unpaired) electrons. The number of aryl methyl sites for hydroxylation is 1. The van der Waals surface area contributed by atoms with E-state index < -0.39 is 0 Å². The molecule has 0 fully saturated rings. The molecular weight excluding hydrogens is 286 g/mol. The molecule has 116 valence electrons. The van der Waals surface area contributed by atoms with Gasteiger partial charge in [-0.15, -0.1) is 11.3 Å². The predicted molar refractivity (Wildman–Crippen MR) is 86.5 cm³/mol. The number of aliphatic imine (C=N–C) groups is 1. The lowest BCUT2D eigenvalue weighted by Gasteiger charge is -2.22. The van der Waals surface area contributed by atoms with Gasteiger partial charge in [0, 0.05) is 18.5 Å². The van der Waals surface area contributed by atoms with Gasteiger partial charge in [0.1, 0.15) is 26.0 Å². The molecule has 0 atom stereocenters. The third-order valence-electron chi connectivity index (χ3n) is 3.13. The molecule has 1 N–H and O–H groups in total. The third-order valence-corrected chi connectivity index (χ3v) is 4.14. The zero-order valence-corrected chi connectivity index (χ0v) is 13.7. The molecular formula is C15H23N3O2S. The van der Waals surface area contributed by atoms with Crippen LogP contribution in [0.25, 0.3) is 0 Å². The van der Waals surface area contributed by atoms with Gasteiger partial charge in [0.15, 0.2) is 11.7 Å². The molecule has 2 heterocycles. The Hall–Kier alpha value is -1.69. The molecule has 0 bridgehead atoms. The summed E-state index contributed by atoms with van der Waals surface area (Å²) in [5.41, 5.74) is 1.33. The first-order valence-electron chi connectivity index (χ1n) is 7.16. The first-order valence-corrected chi connectivity index (χ1v) is 8.04. The molecule has 0 amide bonds. The highest BCUT2D eigenvalue weighted by atomic mass is 32.1. The number of hydrogen-bond acceptors (Lipinski definition) is 4. The first kappa shape index (κ1) is 15.7. The highest BCUT2D eigenvalue weighted by Crippen LogP contribution is 2.17. The van der Waals surface area contributed by atoms with Crippen molar-refractivity contribution in [1.29, 1.82) is 0 Å². The Morgan fingerprint density at radius 2 is 2.33 bits per heavy atom. The predicted octanol–water partition coefficient (Wildman–Crippen LogP) is 2.34. The zero-order chi connectivity index (χ0) is 15.1. The number of ether oxygens (including phenoxy) is 2. The Balaban J connectivity index is 1.99. The van der Waals surface area contributed by atoms with Gasteiger partial charge in [0.05, 0.1) is 6.54 Å². The minimum Gasteiger partial charge on any atom is -0.494 e. The van der Waals surface area contributed by atoms with Crippen LogP contribution >= 0.6 is 11.3 Å². The molecule has 0 aliphatic carbocycles. The van der Waals surface area contributed by atoms with E-state index in [0.717, 1.165) is 24.8 Å². The lowest BCUT2D eigenvalue weighted by atomic mass is 10.3. The lowest BCUT2D eigenvalue weighted by Crippen LogP contribution is -2.38. The average molecular weight is 309 g/mol. The van der Waals surface area contributed by atoms with Crippen LogP contribution in [0.3, 0.4) is 0 Å². The van der Waals surface area contributed by atoms with Crippen molar-refractivity contribution in [3.05, 3.63) is 33.9 Å². The highest BCUT2D eigenvalue weighted by molar-refractivity contribution is 7.10. The Morgan fingerprint density at radius 1 is 1.48 bits per heavy atom. The molecule has 1 aliphatic heterocycles. The van der Waals surface area contributed by atoms with E-state index in [0.29, 0.717) is 19.8 Å². The Labute approximate surface area is 130 Å². The van der Waals surface area contributed by atoms with E-state index in [9.17, 15) is 0 Å². The topological polar surface area (TPSA) is 46.1 Å². The summed E-state index contributed by atoms with van der Waals surface area (Å²) in [4.78, 5) is 8.10. The van der Waals surface area contributed by atoms with Crippen LogP contribution in [0.1, 0.15) is 17.4 Å². The summed E-state index contributed by atoms with van der Waals surface area (Å²) in [6.07, 6.45) is 1.65. The van der Waals surface area contributed by atoms with Gasteiger partial charge in [0.2, 0.25) is 0 Å². The van der Waals surface area contributed by atoms with Gasteiger partial charge in [-0.1, -0.05) is 0 Å². The van der Waals surface area contributed by atoms with Crippen LogP contribution < -0.4 is 5.32 Å². The van der Waals surface area contributed by atoms with Crippen molar-refractivity contribution in [2.75, 3.05) is 33.4 Å². The minimum absolute atomic E-state index is 0.496. The fourth-order valence-electron chi connectivity index (χ4n) is 1.97. The van der Waals surface area contributed by atoms with Gasteiger partial charge in [-0.25, -0.2) is 4.99 Å². The molecule has 1 aliphatic rings. The van der Waals surface area contributed by atoms with E-state index in [-0.39, 0.29) is 0 Å². The van der Waals surface area contributed by atoms with Crippen LogP contribution in [-0.4, -0.2) is 44.2 Å². The quantitative estimate of drug-likeness (QED) is 0.670. The molecule has 1 aromatic heterocycles. The maximum Gasteiger partial charge on any atom is 0.194 e. The summed E-state index contributed by atoms with van der Waals surface area (Å²) in [6, 6.07) is 2.15. The molecule has 1 aromatic rings. The summed E-state index contributed by atoms with van der Waals surface area (Å²) in [6.45, 7) is 7.61. The third kappa shape index (κ3) is 4.67. The van der Waals surface area contributed by atoms with Gasteiger partial charge in [0.25, 0.3) is 0 Å². The largest absolute Gasteiger partial charge is 0.494 e. The maximum absolute atomic E-state index is 5.50. The van der Waals surface area contributed by atoms with Gasteiger partial charge in [-0.3, -0.25) is 0 Å². The minimum atomic E-state index is 0.496. The number of thiophene rings is 1. The van der Waals surface area contributed by atoms with Crippen molar-refractivity contribution in [2.45, 2.75) is 20.4 Å². The molecule has 0 spiro atoms. The van der Waals surface area contributed by atoms with E-state index in [2.05, 4.69) is 40.5 Å². The second kappa shape index (κ2) is 7.93. The van der Waals surface area contributed by atoms with Gasteiger partial charge >= 0.3 is 0 Å². The van der Waals surface area contributed by atoms with Gasteiger partial charge in [-0.05, 0) is 30.9 Å². The van der Waals surface area contributed by atoms with E-state index in [4.69, 9.17) is 9.47 Å². The SMILES string of the molecule is CCNC(=NCC1=COCCO1)N(C)Cc1sccc1C. The molecule has 0 aromatic carbocycles. The fraction of sp³-hybridized carbons (Fsp3) is 0.533. The highest BCUT2D eigenvalue weighted by Gasteiger charge is 2.10. The number of nitrogens with zero attached hydrogens (tertiary/aromatic N) is 2. The lowest BCUT2D eigenvalue weighted by molar-refractivity contribution is 0.0834. The molecule has 0 unspecified atom stereocenters. The monoisotopic (exact) mass is 309 g/mol. The van der Waals surface area contributed by atoms with Crippen LogP contribution in [0.2, 0.25) is 0 Å². The van der Waals surface area contributed by atoms with E-state index in [1.807, 2.05) is 7.05 Å². The summed E-state index contributed by atoms with van der Waals surface area (Å²) < 4.78 is 10.7. The Bertz CT molecular complexity index is 511. The summed E-state index contributed by atoms with van der Waals surface area (Å²) >= 11 is 1.78. The summed E-state index contributed by atoms with van der Waals surface area (Å²) in [5.74, 6) is 1.65. The second-order valence-corrected chi connectivity index (χ2v) is 5.86. The number of hydrogen-bond donors (Lipinski definition) is 1. The van der Waals surface area contributed by atoms with Crippen molar-refractivity contribution >= 4 is 17.3 Å². The number of nitrogens with one attached hydrogen (secondary N) is 1. The second-order valence-electron chi connectivity index (χ2n) is 4.86. The van der Waals surface area contributed by atoms with Crippen LogP contribution in [0.5, 0.6) is 0 Å². The van der Waals surface area contributed by atoms with Gasteiger partial charge < -0.3 is 19.7 Å². The van der Waals surface area contributed by atoms with Crippen molar-refractivity contribution in [1.82, 2.24) is 10.2 Å². The maximum atomic E-state index is 5.50. The van der Waals surface area contributed by atoms with Crippen LogP contribution in [-0.2, 0) is 16.0 Å². The van der Waals surface area contributed by atoms with Crippen LogP contribution in [0.15, 0.2) is 28.5 Å². The van der Waals surface area contributed by atoms with Crippen molar-refractivity contribution in [3.8, 4) is 0 Å². The van der Waals surface area contributed by atoms with Crippen molar-refractivity contribution < 1.29 is 9.47 Å². The first-order chi connectivity index (χ1) is 10.2. The van der Waals surface area contributed by atoms with Crippen LogP contribution in [0.4, 0.5) is 0 Å². The molecule has 6 heteroatoms. The van der Waals surface area contributed by atoms with E-state index in [1.54, 1.807) is 17.6 Å². The molecule has 5 nitrogen and oxygen atoms in total. The molecule has 2 rings (SSSR count). The summed E-state index contributed by atoms with van der Waals surface area (Å²) in [7, 11) is 2.05. The molecule has 0 saturated carbocycles. The standard InChI is InChI=1S/C15H23N3O2S/c1-4-16-15(17-9-13-11-19-6-7-20-13)18(3)10-14-12(2)5-8-21-14/h5,8,11H,4,6-7,9-10H2,1-3H3,(H,16,17). The number of rotatable bonds is 5. The van der Waals surface area contributed by atoms with Crippen molar-refractivity contribution in [3.63, 3.8) is 0 Å². The van der Waals surface area contributed by atoms with Crippen LogP contribution in [0, 0.1) is 6.92 Å². The van der Waals surface area contributed by atoms with E-state index in [1.165, 1.54) is 10.4 Å². The Morgan fingerprint density at radius 3 is 2.95 bits per heavy atom.